The third-order valence-corrected chi connectivity index (χ3v) is 2.46. The lowest BCUT2D eigenvalue weighted by molar-refractivity contribution is 0.140. The topological polar surface area (TPSA) is 9.72 Å². The largest absolute Gasteiger partial charge is 0.361 e. The van der Waals surface area contributed by atoms with E-state index in [2.05, 4.69) is 42.4 Å². The molecular weight excluding hydrogens is 162 g/mol. The lowest BCUT2D eigenvalue weighted by Gasteiger charge is -2.37. The Balaban J connectivity index is 2.33. The molecule has 76 valence electrons. The lowest BCUT2D eigenvalue weighted by atomic mass is 10.2. The molecule has 1 aliphatic rings. The van der Waals surface area contributed by atoms with E-state index in [1.54, 1.807) is 0 Å². The fraction of sp³-hybridized carbons (Fsp3) is 0.800. The van der Waals surface area contributed by atoms with E-state index in [0.29, 0.717) is 0 Å². The zero-order chi connectivity index (χ0) is 9.84. The normalized spacial score (nSPS) is 20.0. The summed E-state index contributed by atoms with van der Waals surface area (Å²) in [4.78, 5) is 6.91. The highest BCUT2D eigenvalue weighted by molar-refractivity contribution is 4.97. The van der Waals surface area contributed by atoms with Gasteiger partial charge in [0.1, 0.15) is 0 Å². The second-order valence-corrected chi connectivity index (χ2v) is 4.10. The van der Waals surface area contributed by atoms with Crippen LogP contribution in [0.1, 0.15) is 6.42 Å². The maximum atomic E-state index is 4.09. The first-order chi connectivity index (χ1) is 6.09. The van der Waals surface area contributed by atoms with Crippen molar-refractivity contribution in [2.45, 2.75) is 6.42 Å². The molecule has 3 heteroatoms. The van der Waals surface area contributed by atoms with Gasteiger partial charge in [0.25, 0.3) is 0 Å². The summed E-state index contributed by atoms with van der Waals surface area (Å²) < 4.78 is 0. The van der Waals surface area contributed by atoms with Gasteiger partial charge in [0, 0.05) is 25.3 Å². The fourth-order valence-electron chi connectivity index (χ4n) is 1.49. The van der Waals surface area contributed by atoms with Gasteiger partial charge in [-0.3, -0.25) is 4.90 Å². The van der Waals surface area contributed by atoms with Crippen molar-refractivity contribution in [3.8, 4) is 0 Å². The summed E-state index contributed by atoms with van der Waals surface area (Å²) in [5.41, 5.74) is 1.29. The summed E-state index contributed by atoms with van der Waals surface area (Å²) in [6.45, 7) is 8.47. The second-order valence-electron chi connectivity index (χ2n) is 4.10. The van der Waals surface area contributed by atoms with Crippen molar-refractivity contribution in [1.29, 1.82) is 0 Å². The molecule has 1 heterocycles. The van der Waals surface area contributed by atoms with Crippen LogP contribution in [-0.4, -0.2) is 62.1 Å². The molecule has 1 saturated heterocycles. The maximum Gasteiger partial charge on any atom is 0.0702 e. The molecule has 0 radical (unpaired) electrons. The highest BCUT2D eigenvalue weighted by Crippen LogP contribution is 2.13. The highest BCUT2D eigenvalue weighted by Gasteiger charge is 2.15. The molecule has 3 nitrogen and oxygen atoms in total. The van der Waals surface area contributed by atoms with E-state index >= 15 is 0 Å². The van der Waals surface area contributed by atoms with Crippen molar-refractivity contribution in [3.63, 3.8) is 0 Å². The van der Waals surface area contributed by atoms with Crippen molar-refractivity contribution in [2.24, 2.45) is 0 Å². The standard InChI is InChI=1S/C10H21N3/c1-10-5-6-12(4)9-13(10)8-7-11(2)3/h1,5-9H2,2-4H3. The number of rotatable bonds is 3. The van der Waals surface area contributed by atoms with E-state index in [1.165, 1.54) is 5.70 Å². The van der Waals surface area contributed by atoms with E-state index in [4.69, 9.17) is 0 Å². The average molecular weight is 183 g/mol. The molecule has 0 amide bonds. The van der Waals surface area contributed by atoms with Crippen LogP contribution >= 0.6 is 0 Å². The first-order valence-corrected chi connectivity index (χ1v) is 4.85. The van der Waals surface area contributed by atoms with Crippen LogP contribution in [0.4, 0.5) is 0 Å². The summed E-state index contributed by atoms with van der Waals surface area (Å²) in [7, 11) is 6.38. The number of hydrogen-bond donors (Lipinski definition) is 0. The summed E-state index contributed by atoms with van der Waals surface area (Å²) in [5, 5.41) is 0. The lowest BCUT2D eigenvalue weighted by Crippen LogP contribution is -2.43. The number of likely N-dealkylation sites (N-methyl/N-ethyl adjacent to an activating group) is 1. The third kappa shape index (κ3) is 3.36. The number of nitrogens with zero attached hydrogens (tertiary/aromatic N) is 3. The molecule has 0 aromatic rings. The van der Waals surface area contributed by atoms with Crippen LogP contribution in [0.25, 0.3) is 0 Å². The van der Waals surface area contributed by atoms with Crippen molar-refractivity contribution in [3.05, 3.63) is 12.3 Å². The molecule has 0 unspecified atom stereocenters. The van der Waals surface area contributed by atoms with Crippen molar-refractivity contribution in [2.75, 3.05) is 47.4 Å². The van der Waals surface area contributed by atoms with Crippen molar-refractivity contribution in [1.82, 2.24) is 14.7 Å². The third-order valence-electron chi connectivity index (χ3n) is 2.46. The Morgan fingerprint density at radius 3 is 2.77 bits per heavy atom. The van der Waals surface area contributed by atoms with Gasteiger partial charge in [0.2, 0.25) is 0 Å². The van der Waals surface area contributed by atoms with Gasteiger partial charge in [-0.15, -0.1) is 0 Å². The second kappa shape index (κ2) is 4.63. The predicted octanol–water partition coefficient (Wildman–Crippen LogP) is 0.657. The Bertz CT molecular complexity index is 177. The van der Waals surface area contributed by atoms with Crippen LogP contribution in [0, 0.1) is 0 Å². The Morgan fingerprint density at radius 1 is 1.46 bits per heavy atom. The van der Waals surface area contributed by atoms with E-state index in [-0.39, 0.29) is 0 Å². The molecule has 1 rings (SSSR count). The van der Waals surface area contributed by atoms with Crippen molar-refractivity contribution < 1.29 is 0 Å². The van der Waals surface area contributed by atoms with E-state index < -0.39 is 0 Å². The smallest absolute Gasteiger partial charge is 0.0702 e. The van der Waals surface area contributed by atoms with Crippen LogP contribution < -0.4 is 0 Å². The van der Waals surface area contributed by atoms with Gasteiger partial charge >= 0.3 is 0 Å². The Morgan fingerprint density at radius 2 is 2.15 bits per heavy atom. The van der Waals surface area contributed by atoms with Gasteiger partial charge in [-0.2, -0.15) is 0 Å². The number of hydrogen-bond acceptors (Lipinski definition) is 3. The van der Waals surface area contributed by atoms with Crippen LogP contribution in [0.5, 0.6) is 0 Å². The Kier molecular flexibility index (Phi) is 3.75. The first kappa shape index (κ1) is 10.5. The predicted molar refractivity (Wildman–Crippen MR) is 56.5 cm³/mol. The van der Waals surface area contributed by atoms with Crippen molar-refractivity contribution >= 4 is 0 Å². The Labute approximate surface area is 81.6 Å². The summed E-state index contributed by atoms with van der Waals surface area (Å²) in [5.74, 6) is 0. The average Bonchev–Trinajstić information content (AvgIpc) is 2.06. The molecule has 0 saturated carbocycles. The highest BCUT2D eigenvalue weighted by atomic mass is 15.3. The zero-order valence-corrected chi connectivity index (χ0v) is 9.08. The minimum atomic E-state index is 1.03. The SMILES string of the molecule is C=C1CCN(C)CN1CCN(C)C. The monoisotopic (exact) mass is 183 g/mol. The molecule has 0 atom stereocenters. The summed E-state index contributed by atoms with van der Waals surface area (Å²) in [6, 6.07) is 0. The van der Waals surface area contributed by atoms with E-state index in [9.17, 15) is 0 Å². The van der Waals surface area contributed by atoms with Gasteiger partial charge in [-0.25, -0.2) is 0 Å². The molecule has 0 N–H and O–H groups in total. The maximum absolute atomic E-state index is 4.09. The first-order valence-electron chi connectivity index (χ1n) is 4.85. The zero-order valence-electron chi connectivity index (χ0n) is 9.08. The summed E-state index contributed by atoms with van der Waals surface area (Å²) in [6.07, 6.45) is 1.12. The molecule has 1 aliphatic heterocycles. The molecule has 0 bridgehead atoms. The van der Waals surface area contributed by atoms with Crippen LogP contribution in [0.3, 0.4) is 0 Å². The van der Waals surface area contributed by atoms with Gasteiger partial charge in [0.05, 0.1) is 6.67 Å². The quantitative estimate of drug-likeness (QED) is 0.636. The van der Waals surface area contributed by atoms with Gasteiger partial charge in [-0.1, -0.05) is 6.58 Å². The molecule has 13 heavy (non-hydrogen) atoms. The molecule has 0 aromatic heterocycles. The van der Waals surface area contributed by atoms with Gasteiger partial charge < -0.3 is 9.80 Å². The molecular formula is C10H21N3. The van der Waals surface area contributed by atoms with Crippen LogP contribution in [-0.2, 0) is 0 Å². The van der Waals surface area contributed by atoms with Crippen LogP contribution in [0.2, 0.25) is 0 Å². The molecule has 0 aliphatic carbocycles. The molecule has 1 fully saturated rings. The van der Waals surface area contributed by atoms with E-state index in [0.717, 1.165) is 32.7 Å². The van der Waals surface area contributed by atoms with Gasteiger partial charge in [0.15, 0.2) is 0 Å². The van der Waals surface area contributed by atoms with Crippen LogP contribution in [0.15, 0.2) is 12.3 Å². The minimum Gasteiger partial charge on any atom is -0.361 e. The molecule has 0 aromatic carbocycles. The minimum absolute atomic E-state index is 1.03. The molecule has 0 spiro atoms. The summed E-state index contributed by atoms with van der Waals surface area (Å²) >= 11 is 0. The van der Waals surface area contributed by atoms with Gasteiger partial charge in [-0.05, 0) is 27.6 Å². The fourth-order valence-corrected chi connectivity index (χ4v) is 1.49. The Hall–Kier alpha value is -0.540. The van der Waals surface area contributed by atoms with E-state index in [1.807, 2.05) is 0 Å².